The van der Waals surface area contributed by atoms with Crippen molar-refractivity contribution in [2.75, 3.05) is 26.2 Å². The van der Waals surface area contributed by atoms with E-state index in [1.54, 1.807) is 4.68 Å². The molecule has 2 rings (SSSR count). The second kappa shape index (κ2) is 5.92. The standard InChI is InChI=1S/C11H18N4O3/c16-8-9-1-3-14(4-2-9)5-6-15-7-10(11(17)18)12-13-15/h7,9,16H,1-6,8H2,(H,17,18). The summed E-state index contributed by atoms with van der Waals surface area (Å²) in [5.74, 6) is -0.615. The summed E-state index contributed by atoms with van der Waals surface area (Å²) in [5.41, 5.74) is -0.0195. The van der Waals surface area contributed by atoms with Gasteiger partial charge in [-0.05, 0) is 31.8 Å². The van der Waals surface area contributed by atoms with Gasteiger partial charge in [0.25, 0.3) is 0 Å². The van der Waals surface area contributed by atoms with Crippen LogP contribution in [0, 0.1) is 5.92 Å². The lowest BCUT2D eigenvalue weighted by molar-refractivity contribution is 0.0690. The molecule has 7 heteroatoms. The van der Waals surface area contributed by atoms with E-state index in [0.29, 0.717) is 12.5 Å². The summed E-state index contributed by atoms with van der Waals surface area (Å²) in [5, 5.41) is 25.1. The normalized spacial score (nSPS) is 18.1. The SMILES string of the molecule is O=C(O)c1cn(CCN2CCC(CO)CC2)nn1. The van der Waals surface area contributed by atoms with Crippen LogP contribution in [-0.2, 0) is 6.54 Å². The van der Waals surface area contributed by atoms with Crippen LogP contribution in [0.25, 0.3) is 0 Å². The molecule has 0 bridgehead atoms. The summed E-state index contributed by atoms with van der Waals surface area (Å²) in [7, 11) is 0. The molecular formula is C11H18N4O3. The third-order valence-corrected chi connectivity index (χ3v) is 3.37. The summed E-state index contributed by atoms with van der Waals surface area (Å²) < 4.78 is 1.56. The van der Waals surface area contributed by atoms with E-state index in [2.05, 4.69) is 15.2 Å². The highest BCUT2D eigenvalue weighted by atomic mass is 16.4. The van der Waals surface area contributed by atoms with Crippen LogP contribution in [0.1, 0.15) is 23.3 Å². The Bertz CT molecular complexity index is 399. The van der Waals surface area contributed by atoms with Crippen molar-refractivity contribution in [3.63, 3.8) is 0 Å². The molecule has 0 aromatic carbocycles. The number of carboxylic acid groups (broad SMARTS) is 1. The Kier molecular flexibility index (Phi) is 4.27. The fourth-order valence-corrected chi connectivity index (χ4v) is 2.14. The Labute approximate surface area is 105 Å². The predicted molar refractivity (Wildman–Crippen MR) is 63.2 cm³/mol. The van der Waals surface area contributed by atoms with Gasteiger partial charge in [-0.2, -0.15) is 0 Å². The Balaban J connectivity index is 1.76. The van der Waals surface area contributed by atoms with Crippen LogP contribution in [0.2, 0.25) is 0 Å². The lowest BCUT2D eigenvalue weighted by Gasteiger charge is -2.30. The van der Waals surface area contributed by atoms with Crippen LogP contribution < -0.4 is 0 Å². The minimum atomic E-state index is -1.05. The van der Waals surface area contributed by atoms with E-state index < -0.39 is 5.97 Å². The minimum Gasteiger partial charge on any atom is -0.476 e. The molecule has 0 spiro atoms. The number of piperidine rings is 1. The van der Waals surface area contributed by atoms with Crippen LogP contribution >= 0.6 is 0 Å². The Hall–Kier alpha value is -1.47. The number of aliphatic hydroxyl groups is 1. The van der Waals surface area contributed by atoms with Crippen LogP contribution in [0.4, 0.5) is 0 Å². The summed E-state index contributed by atoms with van der Waals surface area (Å²) >= 11 is 0. The molecule has 0 amide bonds. The minimum absolute atomic E-state index is 0.0195. The number of likely N-dealkylation sites (tertiary alicyclic amines) is 1. The number of carboxylic acids is 1. The Morgan fingerprint density at radius 2 is 2.11 bits per heavy atom. The lowest BCUT2D eigenvalue weighted by atomic mass is 9.98. The van der Waals surface area contributed by atoms with Crippen molar-refractivity contribution in [2.45, 2.75) is 19.4 Å². The van der Waals surface area contributed by atoms with Crippen LogP contribution in [0.3, 0.4) is 0 Å². The first-order chi connectivity index (χ1) is 8.69. The molecule has 100 valence electrons. The van der Waals surface area contributed by atoms with Gasteiger partial charge in [0, 0.05) is 13.2 Å². The van der Waals surface area contributed by atoms with Gasteiger partial charge in [0.15, 0.2) is 5.69 Å². The van der Waals surface area contributed by atoms with Crippen molar-refractivity contribution in [3.8, 4) is 0 Å². The van der Waals surface area contributed by atoms with E-state index in [9.17, 15) is 4.79 Å². The third-order valence-electron chi connectivity index (χ3n) is 3.37. The van der Waals surface area contributed by atoms with E-state index >= 15 is 0 Å². The van der Waals surface area contributed by atoms with Crippen molar-refractivity contribution in [1.82, 2.24) is 19.9 Å². The van der Waals surface area contributed by atoms with E-state index in [-0.39, 0.29) is 12.3 Å². The zero-order chi connectivity index (χ0) is 13.0. The zero-order valence-electron chi connectivity index (χ0n) is 10.2. The molecule has 1 aromatic heterocycles. The molecule has 0 unspecified atom stereocenters. The number of aromatic carboxylic acids is 1. The summed E-state index contributed by atoms with van der Waals surface area (Å²) in [6, 6.07) is 0. The molecule has 1 aliphatic rings. The third kappa shape index (κ3) is 3.27. The quantitative estimate of drug-likeness (QED) is 0.748. The molecular weight excluding hydrogens is 236 g/mol. The molecule has 0 radical (unpaired) electrons. The average Bonchev–Trinajstić information content (AvgIpc) is 2.86. The first-order valence-corrected chi connectivity index (χ1v) is 6.15. The van der Waals surface area contributed by atoms with Crippen LogP contribution in [0.15, 0.2) is 6.20 Å². The molecule has 1 aromatic rings. The number of hydrogen-bond donors (Lipinski definition) is 2. The molecule has 0 aliphatic carbocycles. The Morgan fingerprint density at radius 1 is 1.39 bits per heavy atom. The van der Waals surface area contributed by atoms with Gasteiger partial charge in [0.2, 0.25) is 0 Å². The molecule has 1 fully saturated rings. The second-order valence-electron chi connectivity index (χ2n) is 4.64. The molecule has 0 saturated carbocycles. The first kappa shape index (κ1) is 13.0. The summed E-state index contributed by atoms with van der Waals surface area (Å²) in [4.78, 5) is 12.9. The van der Waals surface area contributed by atoms with Crippen molar-refractivity contribution in [3.05, 3.63) is 11.9 Å². The van der Waals surface area contributed by atoms with Gasteiger partial charge >= 0.3 is 5.97 Å². The highest BCUT2D eigenvalue weighted by Gasteiger charge is 2.18. The van der Waals surface area contributed by atoms with Crippen molar-refractivity contribution in [2.24, 2.45) is 5.92 Å². The van der Waals surface area contributed by atoms with Gasteiger partial charge in [-0.15, -0.1) is 5.10 Å². The summed E-state index contributed by atoms with van der Waals surface area (Å²) in [6.45, 7) is 3.71. The molecule has 1 aliphatic heterocycles. The molecule has 18 heavy (non-hydrogen) atoms. The van der Waals surface area contributed by atoms with Crippen LogP contribution in [0.5, 0.6) is 0 Å². The van der Waals surface area contributed by atoms with Gasteiger partial charge in [-0.25, -0.2) is 4.79 Å². The number of carbonyl (C=O) groups is 1. The van der Waals surface area contributed by atoms with E-state index in [1.165, 1.54) is 6.20 Å². The maximum Gasteiger partial charge on any atom is 0.358 e. The number of hydrogen-bond acceptors (Lipinski definition) is 5. The largest absolute Gasteiger partial charge is 0.476 e. The molecule has 2 heterocycles. The molecule has 7 nitrogen and oxygen atoms in total. The van der Waals surface area contributed by atoms with Crippen molar-refractivity contribution in [1.29, 1.82) is 0 Å². The predicted octanol–water partition coefficient (Wildman–Crippen LogP) is -0.319. The molecule has 2 N–H and O–H groups in total. The maximum atomic E-state index is 10.6. The lowest BCUT2D eigenvalue weighted by Crippen LogP contribution is -2.36. The van der Waals surface area contributed by atoms with Crippen molar-refractivity contribution >= 4 is 5.97 Å². The smallest absolute Gasteiger partial charge is 0.358 e. The highest BCUT2D eigenvalue weighted by Crippen LogP contribution is 2.15. The average molecular weight is 254 g/mol. The molecule has 1 saturated heterocycles. The number of nitrogens with zero attached hydrogens (tertiary/aromatic N) is 4. The zero-order valence-corrected chi connectivity index (χ0v) is 10.2. The highest BCUT2D eigenvalue weighted by molar-refractivity contribution is 5.84. The fourth-order valence-electron chi connectivity index (χ4n) is 2.14. The topological polar surface area (TPSA) is 91.5 Å². The number of aromatic nitrogens is 3. The second-order valence-corrected chi connectivity index (χ2v) is 4.64. The fraction of sp³-hybridized carbons (Fsp3) is 0.727. The number of rotatable bonds is 5. The van der Waals surface area contributed by atoms with Gasteiger partial charge in [0.05, 0.1) is 12.7 Å². The maximum absolute atomic E-state index is 10.6. The number of aliphatic hydroxyl groups excluding tert-OH is 1. The monoisotopic (exact) mass is 254 g/mol. The molecule has 0 atom stereocenters. The van der Waals surface area contributed by atoms with E-state index in [1.807, 2.05) is 0 Å². The van der Waals surface area contributed by atoms with Gasteiger partial charge < -0.3 is 15.1 Å². The van der Waals surface area contributed by atoms with E-state index in [0.717, 1.165) is 32.5 Å². The summed E-state index contributed by atoms with van der Waals surface area (Å²) in [6.07, 6.45) is 3.49. The van der Waals surface area contributed by atoms with Gasteiger partial charge in [0.1, 0.15) is 0 Å². The van der Waals surface area contributed by atoms with E-state index in [4.69, 9.17) is 10.2 Å². The van der Waals surface area contributed by atoms with Crippen molar-refractivity contribution < 1.29 is 15.0 Å². The first-order valence-electron chi connectivity index (χ1n) is 6.15. The van der Waals surface area contributed by atoms with Crippen LogP contribution in [-0.4, -0.2) is 62.3 Å². The van der Waals surface area contributed by atoms with Gasteiger partial charge in [-0.3, -0.25) is 4.68 Å². The Morgan fingerprint density at radius 3 is 2.67 bits per heavy atom. The van der Waals surface area contributed by atoms with Gasteiger partial charge in [-0.1, -0.05) is 5.21 Å².